The van der Waals surface area contributed by atoms with Crippen LogP contribution in [0.2, 0.25) is 0 Å². The van der Waals surface area contributed by atoms with E-state index in [0.717, 1.165) is 28.0 Å². The molecule has 0 amide bonds. The van der Waals surface area contributed by atoms with Crippen LogP contribution >= 0.6 is 0 Å². The molecule has 3 aromatic rings. The molecule has 1 unspecified atom stereocenters. The first-order valence-corrected chi connectivity index (χ1v) is 9.83. The summed E-state index contributed by atoms with van der Waals surface area (Å²) in [4.78, 5) is 4.77. The van der Waals surface area contributed by atoms with Crippen molar-refractivity contribution in [1.82, 2.24) is 14.9 Å². The lowest BCUT2D eigenvalue weighted by molar-refractivity contribution is 0.0842. The molecule has 29 heavy (non-hydrogen) atoms. The number of benzene rings is 2. The minimum Gasteiger partial charge on any atom is -0.380 e. The maximum atomic E-state index is 13.3. The number of nitrogens with one attached hydrogen (secondary N) is 1. The highest BCUT2D eigenvalue weighted by Gasteiger charge is 2.25. The van der Waals surface area contributed by atoms with E-state index in [2.05, 4.69) is 16.0 Å². The van der Waals surface area contributed by atoms with Crippen molar-refractivity contribution in [3.8, 4) is 11.1 Å². The van der Waals surface area contributed by atoms with Gasteiger partial charge in [-0.25, -0.2) is 9.37 Å². The van der Waals surface area contributed by atoms with Gasteiger partial charge >= 0.3 is 0 Å². The summed E-state index contributed by atoms with van der Waals surface area (Å²) in [5.74, 6) is 0.583. The van der Waals surface area contributed by atoms with E-state index in [1.54, 1.807) is 12.1 Å². The van der Waals surface area contributed by atoms with E-state index in [4.69, 9.17) is 15.5 Å². The largest absolute Gasteiger partial charge is 0.380 e. The average Bonchev–Trinajstić information content (AvgIpc) is 3.04. The van der Waals surface area contributed by atoms with Crippen LogP contribution in [0.25, 0.3) is 22.2 Å². The van der Waals surface area contributed by atoms with Crippen LogP contribution in [0.4, 0.5) is 4.39 Å². The summed E-state index contributed by atoms with van der Waals surface area (Å²) in [7, 11) is 0. The zero-order chi connectivity index (χ0) is 21.0. The van der Waals surface area contributed by atoms with Crippen LogP contribution in [0.15, 0.2) is 42.5 Å². The number of aliphatic hydroxyl groups excluding tert-OH is 1. The first-order chi connectivity index (χ1) is 13.8. The molecule has 1 aromatic heterocycles. The highest BCUT2D eigenvalue weighted by molar-refractivity contribution is 5.82. The summed E-state index contributed by atoms with van der Waals surface area (Å²) in [6, 6.07) is 12.5. The maximum absolute atomic E-state index is 13.3. The van der Waals surface area contributed by atoms with Gasteiger partial charge in [-0.2, -0.15) is 0 Å². The molecule has 0 aliphatic carbocycles. The Bertz CT molecular complexity index is 951. The zero-order valence-corrected chi connectivity index (χ0v) is 17.2. The summed E-state index contributed by atoms with van der Waals surface area (Å²) in [5, 5.41) is 13.0. The summed E-state index contributed by atoms with van der Waals surface area (Å²) in [6.07, 6.45) is -0.992. The fourth-order valence-electron chi connectivity index (χ4n) is 3.09. The minimum atomic E-state index is -0.992. The molecule has 0 saturated heterocycles. The number of halogens is 1. The number of aromatic nitrogens is 2. The molecule has 0 radical (unpaired) electrons. The van der Waals surface area contributed by atoms with Crippen LogP contribution in [0, 0.1) is 5.82 Å². The third kappa shape index (κ3) is 5.00. The second-order valence-electron chi connectivity index (χ2n) is 7.61. The number of nitrogens with zero attached hydrogens (tertiary/aromatic N) is 2. The van der Waals surface area contributed by atoms with Crippen LogP contribution < -0.4 is 11.1 Å². The third-order valence-corrected chi connectivity index (χ3v) is 5.11. The van der Waals surface area contributed by atoms with Crippen molar-refractivity contribution in [3.63, 3.8) is 0 Å². The fourth-order valence-corrected chi connectivity index (χ4v) is 3.09. The van der Waals surface area contributed by atoms with Crippen molar-refractivity contribution in [2.75, 3.05) is 13.2 Å². The maximum Gasteiger partial charge on any atom is 0.123 e. The summed E-state index contributed by atoms with van der Waals surface area (Å²) < 4.78 is 20.9. The van der Waals surface area contributed by atoms with Crippen molar-refractivity contribution >= 4 is 11.0 Å². The van der Waals surface area contributed by atoms with E-state index >= 15 is 0 Å². The Morgan fingerprint density at radius 1 is 1.21 bits per heavy atom. The molecule has 2 aromatic carbocycles. The average molecular weight is 400 g/mol. The molecule has 0 fully saturated rings. The standard InChI is InChI=1S/C22H29FN4O2/c1-4-29-12-11-27-19-13-16(15-5-8-17(23)9-6-15)7-10-18(19)26-20(27)14-25-22(2,3)21(24)28/h5-10,13,21,25,28H,4,11-12,14,24H2,1-3H3. The smallest absolute Gasteiger partial charge is 0.123 e. The van der Waals surface area contributed by atoms with Crippen LogP contribution in [0.5, 0.6) is 0 Å². The van der Waals surface area contributed by atoms with Gasteiger partial charge in [0, 0.05) is 13.2 Å². The van der Waals surface area contributed by atoms with E-state index in [1.807, 2.05) is 32.9 Å². The second kappa shape index (κ2) is 9.00. The normalized spacial score (nSPS) is 13.2. The Balaban J connectivity index is 1.97. The number of aliphatic hydroxyl groups is 1. The molecule has 1 heterocycles. The Morgan fingerprint density at radius 2 is 1.90 bits per heavy atom. The number of nitrogens with two attached hydrogens (primary N) is 1. The van der Waals surface area contributed by atoms with Gasteiger partial charge in [-0.15, -0.1) is 0 Å². The molecule has 7 heteroatoms. The van der Waals surface area contributed by atoms with E-state index in [1.165, 1.54) is 12.1 Å². The highest BCUT2D eigenvalue weighted by atomic mass is 19.1. The van der Waals surface area contributed by atoms with Crippen molar-refractivity contribution < 1.29 is 14.2 Å². The van der Waals surface area contributed by atoms with E-state index in [-0.39, 0.29) is 5.82 Å². The number of rotatable bonds is 9. The van der Waals surface area contributed by atoms with Gasteiger partial charge in [-0.05, 0) is 56.2 Å². The van der Waals surface area contributed by atoms with Crippen molar-refractivity contribution in [2.24, 2.45) is 5.73 Å². The summed E-state index contributed by atoms with van der Waals surface area (Å²) in [5.41, 5.74) is 8.80. The minimum absolute atomic E-state index is 0.255. The van der Waals surface area contributed by atoms with Gasteiger partial charge in [-0.1, -0.05) is 18.2 Å². The molecule has 156 valence electrons. The number of ether oxygens (including phenoxy) is 1. The second-order valence-corrected chi connectivity index (χ2v) is 7.61. The van der Waals surface area contributed by atoms with Gasteiger partial charge in [0.1, 0.15) is 17.9 Å². The van der Waals surface area contributed by atoms with E-state index in [0.29, 0.717) is 26.3 Å². The van der Waals surface area contributed by atoms with Gasteiger partial charge < -0.3 is 25.5 Å². The van der Waals surface area contributed by atoms with E-state index < -0.39 is 11.8 Å². The molecule has 4 N–H and O–H groups in total. The molecule has 3 rings (SSSR count). The topological polar surface area (TPSA) is 85.3 Å². The van der Waals surface area contributed by atoms with Crippen LogP contribution in [-0.4, -0.2) is 39.6 Å². The number of hydrogen-bond donors (Lipinski definition) is 3. The number of imidazole rings is 1. The van der Waals surface area contributed by atoms with Crippen LogP contribution in [0.1, 0.15) is 26.6 Å². The predicted octanol–water partition coefficient (Wildman–Crippen LogP) is 3.02. The molecular formula is C22H29FN4O2. The summed E-state index contributed by atoms with van der Waals surface area (Å²) in [6.45, 7) is 7.97. The van der Waals surface area contributed by atoms with Crippen LogP contribution in [0.3, 0.4) is 0 Å². The fraction of sp³-hybridized carbons (Fsp3) is 0.409. The van der Waals surface area contributed by atoms with Crippen LogP contribution in [-0.2, 0) is 17.8 Å². The highest BCUT2D eigenvalue weighted by Crippen LogP contribution is 2.26. The molecule has 1 atom stereocenters. The lowest BCUT2D eigenvalue weighted by atomic mass is 10.0. The van der Waals surface area contributed by atoms with Crippen molar-refractivity contribution in [2.45, 2.75) is 45.6 Å². The number of hydrogen-bond acceptors (Lipinski definition) is 5. The molecule has 0 aliphatic heterocycles. The Hall–Kier alpha value is -2.32. The molecule has 6 nitrogen and oxygen atoms in total. The first-order valence-electron chi connectivity index (χ1n) is 9.83. The van der Waals surface area contributed by atoms with Gasteiger partial charge in [0.2, 0.25) is 0 Å². The SMILES string of the molecule is CCOCCn1c(CNC(C)(C)C(N)O)nc2ccc(-c3ccc(F)cc3)cc21. The van der Waals surface area contributed by atoms with Gasteiger partial charge in [0.25, 0.3) is 0 Å². The molecule has 0 aliphatic rings. The lowest BCUT2D eigenvalue weighted by Crippen LogP contribution is -2.53. The predicted molar refractivity (Wildman–Crippen MR) is 113 cm³/mol. The molecular weight excluding hydrogens is 371 g/mol. The number of fused-ring (bicyclic) bond motifs is 1. The van der Waals surface area contributed by atoms with Gasteiger partial charge in [0.05, 0.1) is 29.7 Å². The third-order valence-electron chi connectivity index (χ3n) is 5.11. The zero-order valence-electron chi connectivity index (χ0n) is 17.2. The molecule has 0 spiro atoms. The monoisotopic (exact) mass is 400 g/mol. The van der Waals surface area contributed by atoms with Gasteiger partial charge in [0.15, 0.2) is 0 Å². The quantitative estimate of drug-likeness (QED) is 0.380. The van der Waals surface area contributed by atoms with Gasteiger partial charge in [-0.3, -0.25) is 0 Å². The van der Waals surface area contributed by atoms with E-state index in [9.17, 15) is 9.50 Å². The Labute approximate surface area is 170 Å². The Kier molecular flexibility index (Phi) is 6.64. The lowest BCUT2D eigenvalue weighted by Gasteiger charge is -2.29. The van der Waals surface area contributed by atoms with Crippen molar-refractivity contribution in [3.05, 3.63) is 54.1 Å². The molecule has 0 saturated carbocycles. The Morgan fingerprint density at radius 3 is 2.55 bits per heavy atom. The summed E-state index contributed by atoms with van der Waals surface area (Å²) >= 11 is 0. The molecule has 0 bridgehead atoms. The van der Waals surface area contributed by atoms with Crippen molar-refractivity contribution in [1.29, 1.82) is 0 Å². The first kappa shape index (κ1) is 21.4.